The van der Waals surface area contributed by atoms with Crippen molar-refractivity contribution in [1.82, 2.24) is 0 Å². The number of nitrogens with two attached hydrogens (primary N) is 1. The van der Waals surface area contributed by atoms with Gasteiger partial charge >= 0.3 is 0 Å². The number of ether oxygens (including phenoxy) is 2. The van der Waals surface area contributed by atoms with Crippen molar-refractivity contribution in [3.63, 3.8) is 0 Å². The molecular weight excluding hydrogens is 206 g/mol. The average Bonchev–Trinajstić information content (AvgIpc) is 2.30. The molecule has 0 aliphatic rings. The first-order valence-electron chi connectivity index (χ1n) is 5.42. The van der Waals surface area contributed by atoms with Crippen molar-refractivity contribution in [3.05, 3.63) is 23.8 Å². The molecule has 3 N–H and O–H groups in total. The van der Waals surface area contributed by atoms with Gasteiger partial charge in [0.25, 0.3) is 0 Å². The Kier molecular flexibility index (Phi) is 5.67. The summed E-state index contributed by atoms with van der Waals surface area (Å²) in [7, 11) is 1.61. The van der Waals surface area contributed by atoms with Gasteiger partial charge in [-0.15, -0.1) is 0 Å². The van der Waals surface area contributed by atoms with Gasteiger partial charge in [-0.1, -0.05) is 6.07 Å². The Bertz CT molecular complexity index is 315. The van der Waals surface area contributed by atoms with Gasteiger partial charge in [0.1, 0.15) is 0 Å². The molecule has 0 saturated heterocycles. The molecule has 0 heterocycles. The van der Waals surface area contributed by atoms with E-state index in [-0.39, 0.29) is 6.61 Å². The monoisotopic (exact) mass is 225 g/mol. The van der Waals surface area contributed by atoms with Crippen LogP contribution in [0.3, 0.4) is 0 Å². The summed E-state index contributed by atoms with van der Waals surface area (Å²) < 4.78 is 10.7. The van der Waals surface area contributed by atoms with E-state index in [1.165, 1.54) is 0 Å². The van der Waals surface area contributed by atoms with Crippen LogP contribution in [-0.4, -0.2) is 32.0 Å². The molecule has 0 bridgehead atoms. The molecule has 0 fully saturated rings. The predicted octanol–water partition coefficient (Wildman–Crippen LogP) is 0.958. The van der Waals surface area contributed by atoms with E-state index in [1.807, 2.05) is 18.2 Å². The highest BCUT2D eigenvalue weighted by Crippen LogP contribution is 2.28. The zero-order valence-electron chi connectivity index (χ0n) is 9.61. The number of hydrogen-bond acceptors (Lipinski definition) is 4. The van der Waals surface area contributed by atoms with E-state index in [4.69, 9.17) is 20.3 Å². The second-order valence-electron chi connectivity index (χ2n) is 3.45. The van der Waals surface area contributed by atoms with Gasteiger partial charge in [-0.3, -0.25) is 0 Å². The summed E-state index contributed by atoms with van der Waals surface area (Å²) in [4.78, 5) is 0. The largest absolute Gasteiger partial charge is 0.493 e. The fraction of sp³-hybridized carbons (Fsp3) is 0.500. The van der Waals surface area contributed by atoms with E-state index >= 15 is 0 Å². The van der Waals surface area contributed by atoms with E-state index in [1.54, 1.807) is 7.11 Å². The van der Waals surface area contributed by atoms with Crippen LogP contribution in [0.1, 0.15) is 12.0 Å². The fourth-order valence-corrected chi connectivity index (χ4v) is 1.40. The highest BCUT2D eigenvalue weighted by atomic mass is 16.5. The molecule has 0 aliphatic heterocycles. The first-order chi connectivity index (χ1) is 7.81. The summed E-state index contributed by atoms with van der Waals surface area (Å²) in [6, 6.07) is 5.78. The first kappa shape index (κ1) is 12.8. The van der Waals surface area contributed by atoms with Gasteiger partial charge in [0.15, 0.2) is 11.5 Å². The molecular formula is C12H19NO3. The van der Waals surface area contributed by atoms with Crippen LogP contribution in [0, 0.1) is 0 Å². The van der Waals surface area contributed by atoms with Crippen LogP contribution in [0.15, 0.2) is 18.2 Å². The molecule has 4 nitrogen and oxygen atoms in total. The van der Waals surface area contributed by atoms with Crippen molar-refractivity contribution in [3.8, 4) is 11.5 Å². The van der Waals surface area contributed by atoms with Crippen molar-refractivity contribution >= 4 is 0 Å². The molecule has 0 radical (unpaired) electrons. The van der Waals surface area contributed by atoms with Crippen LogP contribution in [0.2, 0.25) is 0 Å². The maximum Gasteiger partial charge on any atom is 0.161 e. The lowest BCUT2D eigenvalue weighted by molar-refractivity contribution is 0.228. The van der Waals surface area contributed by atoms with Gasteiger partial charge in [-0.2, -0.15) is 0 Å². The minimum atomic E-state index is 0.130. The molecule has 0 spiro atoms. The summed E-state index contributed by atoms with van der Waals surface area (Å²) in [6.07, 6.45) is 1.44. The van der Waals surface area contributed by atoms with Crippen molar-refractivity contribution < 1.29 is 14.6 Å². The maximum absolute atomic E-state index is 8.68. The average molecular weight is 225 g/mol. The maximum atomic E-state index is 8.68. The normalized spacial score (nSPS) is 10.2. The molecule has 1 aromatic carbocycles. The number of hydrogen-bond donors (Lipinski definition) is 2. The minimum Gasteiger partial charge on any atom is -0.493 e. The van der Waals surface area contributed by atoms with Crippen molar-refractivity contribution in [1.29, 1.82) is 0 Å². The third-order valence-electron chi connectivity index (χ3n) is 2.22. The standard InChI is InChI=1S/C12H19NO3/c1-15-11-4-3-10(5-6-13)9-12(11)16-8-2-7-14/h3-4,9,14H,2,5-8,13H2,1H3. The van der Waals surface area contributed by atoms with Crippen molar-refractivity contribution in [2.24, 2.45) is 5.73 Å². The van der Waals surface area contributed by atoms with E-state index in [0.717, 1.165) is 12.0 Å². The van der Waals surface area contributed by atoms with Crippen LogP contribution in [0.5, 0.6) is 11.5 Å². The molecule has 0 atom stereocenters. The molecule has 1 aromatic rings. The number of aliphatic hydroxyl groups excluding tert-OH is 1. The molecule has 90 valence electrons. The van der Waals surface area contributed by atoms with E-state index < -0.39 is 0 Å². The smallest absolute Gasteiger partial charge is 0.161 e. The Morgan fingerprint density at radius 3 is 2.75 bits per heavy atom. The summed E-state index contributed by atoms with van der Waals surface area (Å²) >= 11 is 0. The second kappa shape index (κ2) is 7.09. The predicted molar refractivity (Wildman–Crippen MR) is 63.0 cm³/mol. The molecule has 0 amide bonds. The number of aliphatic hydroxyl groups is 1. The van der Waals surface area contributed by atoms with Gasteiger partial charge in [0.2, 0.25) is 0 Å². The topological polar surface area (TPSA) is 64.7 Å². The second-order valence-corrected chi connectivity index (χ2v) is 3.45. The molecule has 0 aromatic heterocycles. The van der Waals surface area contributed by atoms with E-state index in [0.29, 0.717) is 31.1 Å². The number of methoxy groups -OCH3 is 1. The van der Waals surface area contributed by atoms with Crippen LogP contribution in [0.25, 0.3) is 0 Å². The van der Waals surface area contributed by atoms with Gasteiger partial charge in [0, 0.05) is 13.0 Å². The molecule has 16 heavy (non-hydrogen) atoms. The zero-order chi connectivity index (χ0) is 11.8. The zero-order valence-corrected chi connectivity index (χ0v) is 9.61. The van der Waals surface area contributed by atoms with Crippen molar-refractivity contribution in [2.75, 3.05) is 26.9 Å². The quantitative estimate of drug-likeness (QED) is 0.678. The summed E-state index contributed by atoms with van der Waals surface area (Å²) in [5, 5.41) is 8.68. The van der Waals surface area contributed by atoms with Gasteiger partial charge in [0.05, 0.1) is 13.7 Å². The third-order valence-corrected chi connectivity index (χ3v) is 2.22. The Hall–Kier alpha value is -1.26. The summed E-state index contributed by atoms with van der Waals surface area (Å²) in [6.45, 7) is 1.23. The van der Waals surface area contributed by atoms with Crippen LogP contribution in [-0.2, 0) is 6.42 Å². The lowest BCUT2D eigenvalue weighted by Crippen LogP contribution is -2.05. The van der Waals surface area contributed by atoms with Gasteiger partial charge in [-0.05, 0) is 30.7 Å². The van der Waals surface area contributed by atoms with Gasteiger partial charge in [-0.25, -0.2) is 0 Å². The molecule has 1 rings (SSSR count). The Balaban J connectivity index is 2.72. The fourth-order valence-electron chi connectivity index (χ4n) is 1.40. The molecule has 0 aliphatic carbocycles. The summed E-state index contributed by atoms with van der Waals surface area (Å²) in [5.41, 5.74) is 6.62. The molecule has 0 saturated carbocycles. The first-order valence-corrected chi connectivity index (χ1v) is 5.42. The van der Waals surface area contributed by atoms with Crippen LogP contribution < -0.4 is 15.2 Å². The van der Waals surface area contributed by atoms with Crippen LogP contribution in [0.4, 0.5) is 0 Å². The summed E-state index contributed by atoms with van der Waals surface area (Å²) in [5.74, 6) is 1.42. The lowest BCUT2D eigenvalue weighted by Gasteiger charge is -2.11. The van der Waals surface area contributed by atoms with Gasteiger partial charge < -0.3 is 20.3 Å². The SMILES string of the molecule is COc1ccc(CCN)cc1OCCCO. The molecule has 4 heteroatoms. The Morgan fingerprint density at radius 2 is 2.12 bits per heavy atom. The van der Waals surface area contributed by atoms with Crippen molar-refractivity contribution in [2.45, 2.75) is 12.8 Å². The van der Waals surface area contributed by atoms with E-state index in [9.17, 15) is 0 Å². The lowest BCUT2D eigenvalue weighted by atomic mass is 10.1. The highest BCUT2D eigenvalue weighted by molar-refractivity contribution is 5.43. The molecule has 0 unspecified atom stereocenters. The highest BCUT2D eigenvalue weighted by Gasteiger charge is 2.05. The minimum absolute atomic E-state index is 0.130. The Morgan fingerprint density at radius 1 is 1.31 bits per heavy atom. The number of rotatable bonds is 7. The number of benzene rings is 1. The van der Waals surface area contributed by atoms with E-state index in [2.05, 4.69) is 0 Å². The third kappa shape index (κ3) is 3.72. The van der Waals surface area contributed by atoms with Crippen LogP contribution >= 0.6 is 0 Å². The Labute approximate surface area is 96.0 Å².